The molecule has 0 unspecified atom stereocenters. The molecule has 2 aliphatic heterocycles. The van der Waals surface area contributed by atoms with Gasteiger partial charge in [0.25, 0.3) is 0 Å². The van der Waals surface area contributed by atoms with Gasteiger partial charge in [0.15, 0.2) is 0 Å². The van der Waals surface area contributed by atoms with Crippen LogP contribution in [0.4, 0.5) is 4.79 Å². The van der Waals surface area contributed by atoms with E-state index in [-0.39, 0.29) is 30.5 Å². The van der Waals surface area contributed by atoms with Gasteiger partial charge in [0.1, 0.15) is 24.3 Å². The first kappa shape index (κ1) is 22.9. The molecule has 0 spiro atoms. The Hall–Kier alpha value is -1.82. The normalized spacial score (nSPS) is 29.3. The first-order valence-electron chi connectivity index (χ1n) is 10.6. The number of likely N-dealkylation sites (tertiary alicyclic amines) is 1. The quantitative estimate of drug-likeness (QED) is 0.538. The van der Waals surface area contributed by atoms with Crippen molar-refractivity contribution in [2.75, 3.05) is 27.4 Å². The Balaban J connectivity index is 1.87. The Morgan fingerprint density at radius 2 is 1.87 bits per heavy atom. The van der Waals surface area contributed by atoms with Crippen LogP contribution in [0.5, 0.6) is 0 Å². The molecule has 8 heteroatoms. The lowest BCUT2D eigenvalue weighted by Gasteiger charge is -2.38. The second-order valence-electron chi connectivity index (χ2n) is 9.37. The smallest absolute Gasteiger partial charge is 0.408 e. The number of hydrogen-bond donors (Lipinski definition) is 1. The molecule has 0 aromatic carbocycles. The second kappa shape index (κ2) is 8.74. The summed E-state index contributed by atoms with van der Waals surface area (Å²) in [6.07, 6.45) is 8.59. The number of carbonyl (C=O) groups is 2. The number of nitrogens with zero attached hydrogens (tertiary/aromatic N) is 1. The summed E-state index contributed by atoms with van der Waals surface area (Å²) in [5.74, 6) is 1.25. The molecule has 30 heavy (non-hydrogen) atoms. The summed E-state index contributed by atoms with van der Waals surface area (Å²) < 4.78 is 22.7. The monoisotopic (exact) mass is 422 g/mol. The summed E-state index contributed by atoms with van der Waals surface area (Å²) >= 11 is 0. The van der Waals surface area contributed by atoms with Gasteiger partial charge < -0.3 is 29.2 Å². The molecule has 1 saturated carbocycles. The second-order valence-corrected chi connectivity index (χ2v) is 9.37. The number of rotatable bonds is 5. The number of hydrogen-bond acceptors (Lipinski definition) is 6. The van der Waals surface area contributed by atoms with Gasteiger partial charge in [0.05, 0.1) is 12.0 Å². The van der Waals surface area contributed by atoms with Crippen molar-refractivity contribution >= 4 is 12.0 Å². The van der Waals surface area contributed by atoms with Gasteiger partial charge in [-0.2, -0.15) is 0 Å². The van der Waals surface area contributed by atoms with Crippen LogP contribution in [0.3, 0.4) is 0 Å². The van der Waals surface area contributed by atoms with Crippen molar-refractivity contribution in [3.05, 3.63) is 0 Å². The van der Waals surface area contributed by atoms with Crippen LogP contribution in [0, 0.1) is 24.2 Å². The Morgan fingerprint density at radius 3 is 2.40 bits per heavy atom. The third-order valence-electron chi connectivity index (χ3n) is 6.36. The van der Waals surface area contributed by atoms with Crippen LogP contribution in [0.15, 0.2) is 0 Å². The number of nitrogens with one attached hydrogen (secondary N) is 1. The Labute approximate surface area is 178 Å². The highest BCUT2D eigenvalue weighted by atomic mass is 16.7. The van der Waals surface area contributed by atoms with Crippen LogP contribution in [-0.4, -0.2) is 73.8 Å². The highest BCUT2D eigenvalue weighted by molar-refractivity contribution is 5.87. The molecule has 0 radical (unpaired) electrons. The standard InChI is InChI=1S/C22H34N2O6/c1-7-14-12-24(18-17(14)29-13-22(18,27-5)28-6)19(25)16(15-10-8-9-11-15)23-20(26)30-21(2,3)4/h1,14-18H,8-13H2,2-6H3,(H,23,26)/t14-,16+,17-,18+/m1/s1. The fourth-order valence-electron chi connectivity index (χ4n) is 4.92. The minimum Gasteiger partial charge on any atom is -0.444 e. The fraction of sp³-hybridized carbons (Fsp3) is 0.818. The van der Waals surface area contributed by atoms with E-state index < -0.39 is 29.6 Å². The summed E-state index contributed by atoms with van der Waals surface area (Å²) in [5, 5.41) is 2.84. The molecule has 3 fully saturated rings. The van der Waals surface area contributed by atoms with E-state index in [0.29, 0.717) is 6.54 Å². The van der Waals surface area contributed by atoms with Gasteiger partial charge in [-0.25, -0.2) is 4.79 Å². The average molecular weight is 423 g/mol. The predicted octanol–water partition coefficient (Wildman–Crippen LogP) is 1.92. The third-order valence-corrected chi connectivity index (χ3v) is 6.36. The van der Waals surface area contributed by atoms with E-state index in [9.17, 15) is 9.59 Å². The maximum atomic E-state index is 13.8. The Kier molecular flexibility index (Phi) is 6.66. The summed E-state index contributed by atoms with van der Waals surface area (Å²) in [4.78, 5) is 28.0. The number of methoxy groups -OCH3 is 2. The summed E-state index contributed by atoms with van der Waals surface area (Å²) in [7, 11) is 3.07. The van der Waals surface area contributed by atoms with Crippen molar-refractivity contribution in [1.29, 1.82) is 0 Å². The number of terminal acetylenes is 1. The van der Waals surface area contributed by atoms with Crippen LogP contribution in [0.2, 0.25) is 0 Å². The molecule has 2 heterocycles. The molecule has 2 amide bonds. The molecule has 4 atom stereocenters. The van der Waals surface area contributed by atoms with Gasteiger partial charge in [-0.3, -0.25) is 4.79 Å². The molecular weight excluding hydrogens is 388 g/mol. The fourth-order valence-corrected chi connectivity index (χ4v) is 4.92. The largest absolute Gasteiger partial charge is 0.444 e. The van der Waals surface area contributed by atoms with E-state index in [1.807, 2.05) is 0 Å². The van der Waals surface area contributed by atoms with Gasteiger partial charge in [-0.05, 0) is 39.5 Å². The third kappa shape index (κ3) is 4.29. The highest BCUT2D eigenvalue weighted by Gasteiger charge is 2.62. The van der Waals surface area contributed by atoms with E-state index in [2.05, 4.69) is 11.2 Å². The van der Waals surface area contributed by atoms with Crippen LogP contribution >= 0.6 is 0 Å². The van der Waals surface area contributed by atoms with E-state index >= 15 is 0 Å². The molecule has 1 N–H and O–H groups in total. The number of amides is 2. The number of alkyl carbamates (subject to hydrolysis) is 1. The van der Waals surface area contributed by atoms with Crippen molar-refractivity contribution in [3.63, 3.8) is 0 Å². The summed E-state index contributed by atoms with van der Waals surface area (Å²) in [5.41, 5.74) is -0.652. The molecule has 1 aliphatic carbocycles. The maximum absolute atomic E-state index is 13.8. The lowest BCUT2D eigenvalue weighted by Crippen LogP contribution is -2.60. The minimum absolute atomic E-state index is 0.0511. The van der Waals surface area contributed by atoms with Gasteiger partial charge in [0, 0.05) is 20.8 Å². The summed E-state index contributed by atoms with van der Waals surface area (Å²) in [6.45, 7) is 5.90. The highest BCUT2D eigenvalue weighted by Crippen LogP contribution is 2.42. The first-order chi connectivity index (χ1) is 14.2. The number of ether oxygens (including phenoxy) is 4. The zero-order chi connectivity index (χ0) is 22.1. The summed E-state index contributed by atoms with van der Waals surface area (Å²) in [6, 6.07) is -1.17. The topological polar surface area (TPSA) is 86.3 Å². The van der Waals surface area contributed by atoms with Crippen molar-refractivity contribution in [1.82, 2.24) is 10.2 Å². The van der Waals surface area contributed by atoms with Gasteiger partial charge >= 0.3 is 6.09 Å². The first-order valence-corrected chi connectivity index (χ1v) is 10.6. The zero-order valence-corrected chi connectivity index (χ0v) is 18.6. The Morgan fingerprint density at radius 1 is 1.23 bits per heavy atom. The molecule has 2 saturated heterocycles. The van der Waals surface area contributed by atoms with E-state index in [1.165, 1.54) is 14.2 Å². The van der Waals surface area contributed by atoms with E-state index in [0.717, 1.165) is 25.7 Å². The Bertz CT molecular complexity index is 687. The number of fused-ring (bicyclic) bond motifs is 1. The molecule has 0 aromatic rings. The van der Waals surface area contributed by atoms with Crippen LogP contribution in [-0.2, 0) is 23.7 Å². The molecule has 8 nitrogen and oxygen atoms in total. The maximum Gasteiger partial charge on any atom is 0.408 e. The van der Waals surface area contributed by atoms with Crippen molar-refractivity contribution in [2.45, 2.75) is 76.0 Å². The van der Waals surface area contributed by atoms with E-state index in [4.69, 9.17) is 25.4 Å². The lowest BCUT2D eigenvalue weighted by molar-refractivity contribution is -0.227. The minimum atomic E-state index is -1.09. The zero-order valence-electron chi connectivity index (χ0n) is 18.6. The van der Waals surface area contributed by atoms with Gasteiger partial charge in [0.2, 0.25) is 11.7 Å². The molecule has 0 aromatic heterocycles. The number of carbonyl (C=O) groups excluding carboxylic acids is 2. The molecular formula is C22H34N2O6. The average Bonchev–Trinajstić information content (AvgIpc) is 3.40. The lowest BCUT2D eigenvalue weighted by atomic mass is 9.95. The van der Waals surface area contributed by atoms with Gasteiger partial charge in [-0.1, -0.05) is 18.8 Å². The van der Waals surface area contributed by atoms with Gasteiger partial charge in [-0.15, -0.1) is 6.42 Å². The SMILES string of the molecule is C#C[C@@H]1CN(C(=O)[C@@H](NC(=O)OC(C)(C)C)C2CCCC2)[C@H]2[C@@H]1OCC2(OC)OC. The molecule has 3 rings (SSSR count). The van der Waals surface area contributed by atoms with Crippen LogP contribution in [0.1, 0.15) is 46.5 Å². The molecule has 168 valence electrons. The predicted molar refractivity (Wildman–Crippen MR) is 109 cm³/mol. The van der Waals surface area contributed by atoms with Crippen LogP contribution < -0.4 is 5.32 Å². The molecule has 0 bridgehead atoms. The van der Waals surface area contributed by atoms with Crippen molar-refractivity contribution in [2.24, 2.45) is 11.8 Å². The van der Waals surface area contributed by atoms with Crippen LogP contribution in [0.25, 0.3) is 0 Å². The van der Waals surface area contributed by atoms with Crippen molar-refractivity contribution < 1.29 is 28.5 Å². The van der Waals surface area contributed by atoms with E-state index in [1.54, 1.807) is 25.7 Å². The van der Waals surface area contributed by atoms with Crippen molar-refractivity contribution in [3.8, 4) is 12.3 Å². The molecule has 3 aliphatic rings.